The molecule has 7 atom stereocenters. The van der Waals surface area contributed by atoms with Crippen LogP contribution in [0.4, 0.5) is 0 Å². The Bertz CT molecular complexity index is 948. The molecule has 8 nitrogen and oxygen atoms in total. The van der Waals surface area contributed by atoms with Crippen molar-refractivity contribution in [1.82, 2.24) is 4.31 Å². The van der Waals surface area contributed by atoms with E-state index >= 15 is 0 Å². The molecule has 3 aliphatic heterocycles. The van der Waals surface area contributed by atoms with Crippen molar-refractivity contribution in [2.45, 2.75) is 102 Å². The first kappa shape index (κ1) is 21.6. The van der Waals surface area contributed by atoms with E-state index in [1.165, 1.54) is 0 Å². The van der Waals surface area contributed by atoms with E-state index in [0.717, 1.165) is 17.1 Å². The van der Waals surface area contributed by atoms with Gasteiger partial charge in [-0.2, -0.15) is 0 Å². The van der Waals surface area contributed by atoms with Crippen LogP contribution in [0.2, 0.25) is 0 Å². The number of fused-ring (bicyclic) bond motifs is 1. The highest BCUT2D eigenvalue weighted by Gasteiger charge is 2.73. The van der Waals surface area contributed by atoms with Gasteiger partial charge in [0, 0.05) is 11.8 Å². The van der Waals surface area contributed by atoms with E-state index in [9.17, 15) is 23.1 Å². The summed E-state index contributed by atoms with van der Waals surface area (Å²) in [6, 6.07) is -0.387. The van der Waals surface area contributed by atoms with Crippen molar-refractivity contribution in [2.75, 3.05) is 5.75 Å². The highest BCUT2D eigenvalue weighted by Crippen LogP contribution is 2.70. The zero-order valence-electron chi connectivity index (χ0n) is 18.7. The molecular weight excluding hydrogens is 422 g/mol. The summed E-state index contributed by atoms with van der Waals surface area (Å²) in [7, 11) is -3.81. The molecule has 31 heavy (non-hydrogen) atoms. The van der Waals surface area contributed by atoms with Crippen LogP contribution in [0.5, 0.6) is 0 Å². The minimum Gasteiger partial charge on any atom is -0.457 e. The lowest BCUT2D eigenvalue weighted by molar-refractivity contribution is -0.182. The number of rotatable bonds is 3. The molecule has 9 heteroatoms. The number of esters is 1. The van der Waals surface area contributed by atoms with E-state index in [1.807, 2.05) is 6.92 Å². The number of hydrogen-bond acceptors (Lipinski definition) is 7. The summed E-state index contributed by atoms with van der Waals surface area (Å²) in [5.41, 5.74) is -2.59. The van der Waals surface area contributed by atoms with Crippen LogP contribution in [0.25, 0.3) is 0 Å². The number of carbonyl (C=O) groups is 2. The SMILES string of the molecule is CC1(C)[C@H]2CC[C@@]13CS(=O)(=O)N(C(=O)[C@@H](O)[C@]1(C)CC[C@H]([C@]4(C)CCC(=O)O4)O1)[C@H]3C2. The second kappa shape index (κ2) is 6.23. The smallest absolute Gasteiger partial charge is 0.306 e. The van der Waals surface area contributed by atoms with Crippen molar-refractivity contribution in [2.24, 2.45) is 16.7 Å². The van der Waals surface area contributed by atoms with Gasteiger partial charge in [0.1, 0.15) is 11.2 Å². The molecule has 0 aromatic heterocycles. The van der Waals surface area contributed by atoms with Crippen molar-refractivity contribution >= 4 is 21.9 Å². The van der Waals surface area contributed by atoms with E-state index in [4.69, 9.17) is 9.47 Å². The maximum Gasteiger partial charge on any atom is 0.306 e. The fraction of sp³-hybridized carbons (Fsp3) is 0.909. The molecule has 1 spiro atoms. The minimum absolute atomic E-state index is 0.0269. The molecule has 5 fully saturated rings. The third-order valence-electron chi connectivity index (χ3n) is 9.61. The zero-order chi connectivity index (χ0) is 22.6. The van der Waals surface area contributed by atoms with Gasteiger partial charge in [0.25, 0.3) is 5.91 Å². The third-order valence-corrected chi connectivity index (χ3v) is 11.5. The summed E-state index contributed by atoms with van der Waals surface area (Å²) in [5, 5.41) is 11.1. The lowest BCUT2D eigenvalue weighted by Gasteiger charge is -2.38. The Hall–Kier alpha value is -1.19. The zero-order valence-corrected chi connectivity index (χ0v) is 19.5. The molecular formula is C22H33NO7S. The standard InChI is InChI=1S/C22H33NO7S/c1-19(2)13-5-10-22(19)12-31(27,28)23(14(22)11-13)18(26)17(25)21(4)8-6-15(29-21)20(3)9-7-16(24)30-20/h13-15,17,25H,5-12H2,1-4H3/t13-,14-,15+,17+,20-,21-,22-/m0/s1. The number of carbonyl (C=O) groups excluding carboxylic acids is 2. The lowest BCUT2D eigenvalue weighted by Crippen LogP contribution is -2.55. The van der Waals surface area contributed by atoms with Crippen LogP contribution in [0.3, 0.4) is 0 Å². The van der Waals surface area contributed by atoms with Gasteiger partial charge in [0.15, 0.2) is 6.10 Å². The van der Waals surface area contributed by atoms with Crippen LogP contribution in [0.1, 0.15) is 72.6 Å². The second-order valence-electron chi connectivity index (χ2n) is 11.4. The van der Waals surface area contributed by atoms with Crippen molar-refractivity contribution in [3.05, 3.63) is 0 Å². The monoisotopic (exact) mass is 455 g/mol. The number of aliphatic hydroxyl groups is 1. The third kappa shape index (κ3) is 2.69. The minimum atomic E-state index is -3.81. The van der Waals surface area contributed by atoms with Crippen LogP contribution in [0, 0.1) is 16.7 Å². The summed E-state index contributed by atoms with van der Waals surface area (Å²) in [5.74, 6) is -0.688. The highest BCUT2D eigenvalue weighted by atomic mass is 32.2. The van der Waals surface area contributed by atoms with Gasteiger partial charge in [0.2, 0.25) is 10.0 Å². The highest BCUT2D eigenvalue weighted by molar-refractivity contribution is 7.90. The molecule has 2 saturated carbocycles. The number of cyclic esters (lactones) is 1. The molecule has 2 aliphatic carbocycles. The summed E-state index contributed by atoms with van der Waals surface area (Å²) in [6.07, 6.45) is 2.19. The van der Waals surface area contributed by atoms with Crippen molar-refractivity contribution < 1.29 is 32.6 Å². The van der Waals surface area contributed by atoms with Crippen molar-refractivity contribution in [3.8, 4) is 0 Å². The first-order valence-corrected chi connectivity index (χ1v) is 13.0. The van der Waals surface area contributed by atoms with Gasteiger partial charge in [-0.3, -0.25) is 9.59 Å². The topological polar surface area (TPSA) is 110 Å². The molecule has 2 bridgehead atoms. The van der Waals surface area contributed by atoms with E-state index in [0.29, 0.717) is 38.0 Å². The van der Waals surface area contributed by atoms with E-state index in [2.05, 4.69) is 13.8 Å². The number of hydrogen-bond donors (Lipinski definition) is 1. The molecule has 3 saturated heterocycles. The largest absolute Gasteiger partial charge is 0.457 e. The van der Waals surface area contributed by atoms with Gasteiger partial charge in [-0.1, -0.05) is 13.8 Å². The number of amides is 1. The summed E-state index contributed by atoms with van der Waals surface area (Å²) >= 11 is 0. The Morgan fingerprint density at radius 1 is 1.16 bits per heavy atom. The quantitative estimate of drug-likeness (QED) is 0.646. The van der Waals surface area contributed by atoms with Crippen molar-refractivity contribution in [1.29, 1.82) is 0 Å². The lowest BCUT2D eigenvalue weighted by atomic mass is 9.69. The first-order chi connectivity index (χ1) is 14.3. The molecule has 5 aliphatic rings. The van der Waals surface area contributed by atoms with E-state index in [-0.39, 0.29) is 23.2 Å². The van der Waals surface area contributed by atoms with Gasteiger partial charge in [0.05, 0.1) is 17.9 Å². The fourth-order valence-electron chi connectivity index (χ4n) is 7.39. The Labute approximate surface area is 183 Å². The number of ether oxygens (including phenoxy) is 2. The van der Waals surface area contributed by atoms with Crippen LogP contribution < -0.4 is 0 Å². The predicted molar refractivity (Wildman–Crippen MR) is 110 cm³/mol. The van der Waals surface area contributed by atoms with Gasteiger partial charge in [-0.15, -0.1) is 0 Å². The van der Waals surface area contributed by atoms with E-state index < -0.39 is 44.8 Å². The van der Waals surface area contributed by atoms with Gasteiger partial charge >= 0.3 is 5.97 Å². The number of sulfonamides is 1. The molecule has 1 N–H and O–H groups in total. The normalized spacial score (nSPS) is 48.1. The van der Waals surface area contributed by atoms with Gasteiger partial charge < -0.3 is 14.6 Å². The molecule has 5 rings (SSSR count). The molecule has 1 amide bonds. The Morgan fingerprint density at radius 2 is 1.87 bits per heavy atom. The maximum absolute atomic E-state index is 13.5. The summed E-state index contributed by atoms with van der Waals surface area (Å²) in [4.78, 5) is 25.1. The van der Waals surface area contributed by atoms with Gasteiger partial charge in [-0.25, -0.2) is 12.7 Å². The number of aliphatic hydroxyl groups excluding tert-OH is 1. The molecule has 174 valence electrons. The summed E-state index contributed by atoms with van der Waals surface area (Å²) < 4.78 is 39.0. The predicted octanol–water partition coefficient (Wildman–Crippen LogP) is 1.75. The van der Waals surface area contributed by atoms with Crippen LogP contribution in [0.15, 0.2) is 0 Å². The van der Waals surface area contributed by atoms with Crippen molar-refractivity contribution in [3.63, 3.8) is 0 Å². The molecule has 0 aromatic rings. The Balaban J connectivity index is 1.39. The maximum atomic E-state index is 13.5. The van der Waals surface area contributed by atoms with Crippen LogP contribution in [-0.4, -0.2) is 64.9 Å². The second-order valence-corrected chi connectivity index (χ2v) is 13.2. The average Bonchev–Trinajstić information content (AvgIpc) is 3.40. The molecule has 0 aromatic carbocycles. The Morgan fingerprint density at radius 3 is 2.48 bits per heavy atom. The first-order valence-electron chi connectivity index (χ1n) is 11.4. The number of nitrogens with zero attached hydrogens (tertiary/aromatic N) is 1. The summed E-state index contributed by atoms with van der Waals surface area (Å²) in [6.45, 7) is 7.72. The average molecular weight is 456 g/mol. The molecule has 0 unspecified atom stereocenters. The van der Waals surface area contributed by atoms with Crippen LogP contribution >= 0.6 is 0 Å². The van der Waals surface area contributed by atoms with Crippen LogP contribution in [-0.2, 0) is 29.1 Å². The fourth-order valence-corrected chi connectivity index (χ4v) is 9.94. The molecule has 0 radical (unpaired) electrons. The van der Waals surface area contributed by atoms with E-state index in [1.54, 1.807) is 6.92 Å². The Kier molecular flexibility index (Phi) is 4.35. The van der Waals surface area contributed by atoms with Gasteiger partial charge in [-0.05, 0) is 63.7 Å². The molecule has 3 heterocycles.